The number of hydrogen-bond donors (Lipinski definition) is 3. The molecule has 0 amide bonds. The van der Waals surface area contributed by atoms with Gasteiger partial charge >= 0.3 is 0 Å². The molecule has 2 heterocycles. The van der Waals surface area contributed by atoms with Crippen molar-refractivity contribution in [3.05, 3.63) is 23.9 Å². The Labute approximate surface area is 136 Å². The van der Waals surface area contributed by atoms with Gasteiger partial charge in [0.1, 0.15) is 0 Å². The van der Waals surface area contributed by atoms with Crippen LogP contribution in [-0.4, -0.2) is 21.3 Å². The maximum atomic E-state index is 6.81. The molecule has 2 bridgehead atoms. The summed E-state index contributed by atoms with van der Waals surface area (Å²) < 4.78 is 0. The Bertz CT molecular complexity index is 820. The lowest BCUT2D eigenvalue weighted by Gasteiger charge is -2.53. The van der Waals surface area contributed by atoms with Crippen LogP contribution in [0.15, 0.2) is 18.3 Å². The Kier molecular flexibility index (Phi) is 2.09. The minimum Gasteiger partial charge on any atom is -0.377 e. The fourth-order valence-electron chi connectivity index (χ4n) is 6.52. The molecular formula is C19H24N4. The van der Waals surface area contributed by atoms with Crippen molar-refractivity contribution >= 4 is 16.6 Å². The van der Waals surface area contributed by atoms with Gasteiger partial charge < -0.3 is 11.1 Å². The molecule has 23 heavy (non-hydrogen) atoms. The van der Waals surface area contributed by atoms with E-state index in [9.17, 15) is 0 Å². The van der Waals surface area contributed by atoms with Gasteiger partial charge in [0, 0.05) is 16.6 Å². The van der Waals surface area contributed by atoms with Gasteiger partial charge in [-0.05, 0) is 80.4 Å². The number of H-pyrrole nitrogens is 1. The molecule has 120 valence electrons. The number of nitrogens with zero attached hydrogens (tertiary/aromatic N) is 1. The molecule has 0 radical (unpaired) electrons. The summed E-state index contributed by atoms with van der Waals surface area (Å²) in [4.78, 5) is 0. The average molecular weight is 308 g/mol. The Morgan fingerprint density at radius 2 is 2.04 bits per heavy atom. The van der Waals surface area contributed by atoms with E-state index in [0.717, 1.165) is 11.8 Å². The predicted molar refractivity (Wildman–Crippen MR) is 91.3 cm³/mol. The first-order valence-corrected chi connectivity index (χ1v) is 9.14. The maximum Gasteiger partial charge on any atom is 0.0654 e. The number of nitrogens with two attached hydrogens (primary N) is 1. The van der Waals surface area contributed by atoms with Crippen molar-refractivity contribution in [1.82, 2.24) is 10.2 Å². The third kappa shape index (κ3) is 1.36. The minimum absolute atomic E-state index is 0.0105. The molecule has 0 saturated heterocycles. The highest BCUT2D eigenvalue weighted by Crippen LogP contribution is 2.67. The highest BCUT2D eigenvalue weighted by atomic mass is 15.1. The highest BCUT2D eigenvalue weighted by Gasteiger charge is 2.66. The molecule has 6 rings (SSSR count). The second-order valence-electron chi connectivity index (χ2n) is 8.73. The summed E-state index contributed by atoms with van der Waals surface area (Å²) in [6, 6.07) is 4.42. The number of nitrogens with one attached hydrogen (secondary N) is 2. The lowest BCUT2D eigenvalue weighted by Crippen LogP contribution is -2.63. The molecule has 5 atom stereocenters. The summed E-state index contributed by atoms with van der Waals surface area (Å²) in [5.41, 5.74) is 10.9. The number of fused-ring (bicyclic) bond motifs is 9. The van der Waals surface area contributed by atoms with Crippen LogP contribution in [0.2, 0.25) is 0 Å². The molecular weight excluding hydrogens is 284 g/mol. The first-order chi connectivity index (χ1) is 11.1. The van der Waals surface area contributed by atoms with Crippen LogP contribution in [-0.2, 0) is 0 Å². The number of aromatic amines is 1. The average Bonchev–Trinajstić information content (AvgIpc) is 2.99. The van der Waals surface area contributed by atoms with Gasteiger partial charge in [0.2, 0.25) is 0 Å². The number of anilines is 1. The number of hydrogen-bond acceptors (Lipinski definition) is 3. The van der Waals surface area contributed by atoms with Crippen molar-refractivity contribution in [1.29, 1.82) is 0 Å². The van der Waals surface area contributed by atoms with Gasteiger partial charge in [0.15, 0.2) is 0 Å². The molecule has 4 nitrogen and oxygen atoms in total. The first-order valence-electron chi connectivity index (χ1n) is 9.14. The molecule has 1 aromatic heterocycles. The lowest BCUT2D eigenvalue weighted by atomic mass is 9.60. The van der Waals surface area contributed by atoms with E-state index in [0.29, 0.717) is 11.8 Å². The van der Waals surface area contributed by atoms with Crippen LogP contribution in [0.25, 0.3) is 10.9 Å². The van der Waals surface area contributed by atoms with E-state index in [1.54, 1.807) is 0 Å². The molecule has 0 spiro atoms. The van der Waals surface area contributed by atoms with Crippen LogP contribution in [0.1, 0.15) is 50.5 Å². The topological polar surface area (TPSA) is 66.7 Å². The van der Waals surface area contributed by atoms with Gasteiger partial charge in [-0.3, -0.25) is 5.10 Å². The molecule has 2 unspecified atom stereocenters. The van der Waals surface area contributed by atoms with Crippen LogP contribution < -0.4 is 11.1 Å². The van der Waals surface area contributed by atoms with E-state index in [4.69, 9.17) is 5.73 Å². The number of benzene rings is 1. The monoisotopic (exact) mass is 308 g/mol. The van der Waals surface area contributed by atoms with Gasteiger partial charge in [0.05, 0.1) is 17.3 Å². The van der Waals surface area contributed by atoms with Gasteiger partial charge in [-0.25, -0.2) is 0 Å². The predicted octanol–water partition coefficient (Wildman–Crippen LogP) is 3.37. The van der Waals surface area contributed by atoms with Crippen LogP contribution >= 0.6 is 0 Å². The maximum absolute atomic E-state index is 6.81. The van der Waals surface area contributed by atoms with Gasteiger partial charge in [-0.2, -0.15) is 5.10 Å². The largest absolute Gasteiger partial charge is 0.377 e. The SMILES string of the molecule is C[C@@]1(C2(N)CC2)Nc2ccc3[nH]ncc3c2[C@H]2C3CCC(C3)[C@H]21. The van der Waals surface area contributed by atoms with Crippen LogP contribution in [0.3, 0.4) is 0 Å². The normalized spacial score (nSPS) is 42.3. The zero-order valence-electron chi connectivity index (χ0n) is 13.6. The quantitative estimate of drug-likeness (QED) is 0.756. The summed E-state index contributed by atoms with van der Waals surface area (Å²) in [5.74, 6) is 3.03. The first kappa shape index (κ1) is 12.8. The van der Waals surface area contributed by atoms with Crippen LogP contribution in [0, 0.1) is 17.8 Å². The molecule has 4 N–H and O–H groups in total. The zero-order chi connectivity index (χ0) is 15.4. The van der Waals surface area contributed by atoms with E-state index < -0.39 is 0 Å². The Hall–Kier alpha value is -1.55. The summed E-state index contributed by atoms with van der Waals surface area (Å²) in [7, 11) is 0. The summed E-state index contributed by atoms with van der Waals surface area (Å²) in [6.45, 7) is 2.42. The minimum atomic E-state index is -0.0105. The van der Waals surface area contributed by atoms with Gasteiger partial charge in [-0.1, -0.05) is 0 Å². The molecule has 4 aliphatic rings. The van der Waals surface area contributed by atoms with E-state index in [1.807, 2.05) is 6.20 Å². The fourth-order valence-corrected chi connectivity index (χ4v) is 6.52. The fraction of sp³-hybridized carbons (Fsp3) is 0.632. The summed E-state index contributed by atoms with van der Waals surface area (Å²) in [5, 5.41) is 12.7. The van der Waals surface area contributed by atoms with Crippen molar-refractivity contribution in [3.8, 4) is 0 Å². The summed E-state index contributed by atoms with van der Waals surface area (Å²) >= 11 is 0. The van der Waals surface area contributed by atoms with E-state index >= 15 is 0 Å². The van der Waals surface area contributed by atoms with Gasteiger partial charge in [-0.15, -0.1) is 0 Å². The van der Waals surface area contributed by atoms with Crippen LogP contribution in [0.4, 0.5) is 5.69 Å². The standard InChI is InChI=1S/C19H24N4/c1-18(19(20)6-7-19)17-11-3-2-10(8-11)15(17)16-12-9-21-23-13(12)4-5-14(16)22-18/h4-5,9-11,15,17,22H,2-3,6-8,20H2,1H3,(H,21,23)/t10?,11?,15-,17-,18-/m1/s1. The second-order valence-corrected chi connectivity index (χ2v) is 8.73. The van der Waals surface area contributed by atoms with Crippen molar-refractivity contribution in [2.75, 3.05) is 5.32 Å². The lowest BCUT2D eigenvalue weighted by molar-refractivity contribution is 0.149. The number of aromatic nitrogens is 2. The molecule has 3 aliphatic carbocycles. The van der Waals surface area contributed by atoms with E-state index in [1.165, 1.54) is 54.3 Å². The zero-order valence-corrected chi connectivity index (χ0v) is 13.6. The molecule has 3 saturated carbocycles. The highest BCUT2D eigenvalue weighted by molar-refractivity contribution is 5.89. The second kappa shape index (κ2) is 3.75. The molecule has 3 fully saturated rings. The molecule has 1 aliphatic heterocycles. The van der Waals surface area contributed by atoms with Crippen molar-refractivity contribution < 1.29 is 0 Å². The third-order valence-electron chi connectivity index (χ3n) is 7.80. The van der Waals surface area contributed by atoms with Crippen molar-refractivity contribution in [3.63, 3.8) is 0 Å². The summed E-state index contributed by atoms with van der Waals surface area (Å²) in [6.07, 6.45) is 8.55. The molecule has 4 heteroatoms. The van der Waals surface area contributed by atoms with Crippen molar-refractivity contribution in [2.24, 2.45) is 23.5 Å². The van der Waals surface area contributed by atoms with Crippen LogP contribution in [0.5, 0.6) is 0 Å². The van der Waals surface area contributed by atoms with E-state index in [-0.39, 0.29) is 11.1 Å². The van der Waals surface area contributed by atoms with Gasteiger partial charge in [0.25, 0.3) is 0 Å². The smallest absolute Gasteiger partial charge is 0.0654 e. The Balaban J connectivity index is 1.63. The third-order valence-corrected chi connectivity index (χ3v) is 7.80. The van der Waals surface area contributed by atoms with Crippen molar-refractivity contribution in [2.45, 2.75) is 56.0 Å². The number of rotatable bonds is 1. The molecule has 1 aromatic carbocycles. The Morgan fingerprint density at radius 3 is 2.87 bits per heavy atom. The molecule has 2 aromatic rings. The van der Waals surface area contributed by atoms with E-state index in [2.05, 4.69) is 34.6 Å². The Morgan fingerprint density at radius 1 is 1.22 bits per heavy atom.